The van der Waals surface area contributed by atoms with Gasteiger partial charge >= 0.3 is 0 Å². The minimum atomic E-state index is 0.268. The molecule has 0 bridgehead atoms. The molecule has 2 rings (SSSR count). The maximum absolute atomic E-state index is 4.35. The Labute approximate surface area is 103 Å². The number of hydrogen-bond donors (Lipinski definition) is 1. The van der Waals surface area contributed by atoms with Gasteiger partial charge in [-0.1, -0.05) is 35.9 Å². The van der Waals surface area contributed by atoms with Crippen LogP contribution in [0.25, 0.3) is 0 Å². The molecule has 88 valence electrons. The second kappa shape index (κ2) is 5.00. The highest BCUT2D eigenvalue weighted by atomic mass is 15.0. The Kier molecular flexibility index (Phi) is 3.43. The molecule has 1 atom stereocenters. The van der Waals surface area contributed by atoms with E-state index < -0.39 is 0 Å². The first-order valence-electron chi connectivity index (χ1n) is 5.91. The van der Waals surface area contributed by atoms with Crippen LogP contribution in [0.1, 0.15) is 29.7 Å². The third-order valence-corrected chi connectivity index (χ3v) is 2.94. The van der Waals surface area contributed by atoms with Crippen molar-refractivity contribution in [1.82, 2.24) is 4.98 Å². The van der Waals surface area contributed by atoms with Gasteiger partial charge in [0.05, 0.1) is 0 Å². The fraction of sp³-hybridized carbons (Fsp3) is 0.267. The first-order valence-corrected chi connectivity index (χ1v) is 5.91. The average molecular weight is 226 g/mol. The lowest BCUT2D eigenvalue weighted by molar-refractivity contribution is 0.871. The van der Waals surface area contributed by atoms with Gasteiger partial charge in [-0.15, -0.1) is 0 Å². The van der Waals surface area contributed by atoms with E-state index in [-0.39, 0.29) is 6.04 Å². The molecule has 2 aromatic rings. The molecule has 17 heavy (non-hydrogen) atoms. The van der Waals surface area contributed by atoms with Gasteiger partial charge in [-0.05, 0) is 38.0 Å². The summed E-state index contributed by atoms with van der Waals surface area (Å²) >= 11 is 0. The van der Waals surface area contributed by atoms with Gasteiger partial charge in [0.1, 0.15) is 5.82 Å². The summed E-state index contributed by atoms with van der Waals surface area (Å²) < 4.78 is 0. The summed E-state index contributed by atoms with van der Waals surface area (Å²) in [6, 6.07) is 12.9. The zero-order chi connectivity index (χ0) is 12.3. The zero-order valence-electron chi connectivity index (χ0n) is 10.6. The maximum Gasteiger partial charge on any atom is 0.129 e. The van der Waals surface area contributed by atoms with E-state index in [1.807, 2.05) is 12.3 Å². The van der Waals surface area contributed by atoms with E-state index in [0.29, 0.717) is 0 Å². The van der Waals surface area contributed by atoms with Gasteiger partial charge in [0.25, 0.3) is 0 Å². The van der Waals surface area contributed by atoms with E-state index in [1.54, 1.807) is 0 Å². The number of aryl methyl sites for hydroxylation is 2. The molecule has 1 unspecified atom stereocenters. The van der Waals surface area contributed by atoms with Gasteiger partial charge in [0.15, 0.2) is 0 Å². The van der Waals surface area contributed by atoms with Crippen LogP contribution >= 0.6 is 0 Å². The lowest BCUT2D eigenvalue weighted by Crippen LogP contribution is -2.08. The van der Waals surface area contributed by atoms with Crippen LogP contribution < -0.4 is 5.32 Å². The van der Waals surface area contributed by atoms with Gasteiger partial charge in [-0.3, -0.25) is 0 Å². The van der Waals surface area contributed by atoms with E-state index in [1.165, 1.54) is 16.7 Å². The fourth-order valence-electron chi connectivity index (χ4n) is 1.78. The molecule has 1 aromatic carbocycles. The number of rotatable bonds is 3. The number of nitrogens with zero attached hydrogens (tertiary/aromatic N) is 1. The summed E-state index contributed by atoms with van der Waals surface area (Å²) in [6.07, 6.45) is 1.82. The van der Waals surface area contributed by atoms with Crippen molar-refractivity contribution in [3.05, 3.63) is 59.3 Å². The van der Waals surface area contributed by atoms with Gasteiger partial charge < -0.3 is 5.32 Å². The predicted molar refractivity (Wildman–Crippen MR) is 72.2 cm³/mol. The van der Waals surface area contributed by atoms with Crippen LogP contribution in [0.4, 0.5) is 5.82 Å². The Morgan fingerprint density at radius 2 is 1.76 bits per heavy atom. The lowest BCUT2D eigenvalue weighted by atomic mass is 10.1. The van der Waals surface area contributed by atoms with Crippen molar-refractivity contribution in [3.63, 3.8) is 0 Å². The van der Waals surface area contributed by atoms with E-state index in [2.05, 4.69) is 61.4 Å². The number of aromatic nitrogens is 1. The SMILES string of the molecule is Cc1ccc(C(C)Nc2ncccc2C)cc1. The molecule has 1 heterocycles. The molecule has 0 aliphatic rings. The smallest absolute Gasteiger partial charge is 0.129 e. The van der Waals surface area contributed by atoms with Gasteiger partial charge in [-0.25, -0.2) is 4.98 Å². The monoisotopic (exact) mass is 226 g/mol. The van der Waals surface area contributed by atoms with Crippen molar-refractivity contribution >= 4 is 5.82 Å². The Hall–Kier alpha value is -1.83. The average Bonchev–Trinajstić information content (AvgIpc) is 2.33. The highest BCUT2D eigenvalue weighted by molar-refractivity contribution is 5.45. The summed E-state index contributed by atoms with van der Waals surface area (Å²) in [5.74, 6) is 0.959. The molecule has 2 heteroatoms. The highest BCUT2D eigenvalue weighted by Gasteiger charge is 2.06. The predicted octanol–water partition coefficient (Wildman–Crippen LogP) is 3.87. The molecule has 0 aliphatic carbocycles. The van der Waals surface area contributed by atoms with Crippen LogP contribution in [0.15, 0.2) is 42.6 Å². The number of pyridine rings is 1. The molecular formula is C15H18N2. The molecule has 0 aliphatic heterocycles. The van der Waals surface area contributed by atoms with Crippen molar-refractivity contribution < 1.29 is 0 Å². The van der Waals surface area contributed by atoms with E-state index in [9.17, 15) is 0 Å². The molecule has 0 spiro atoms. The summed E-state index contributed by atoms with van der Waals surface area (Å²) in [5, 5.41) is 3.43. The van der Waals surface area contributed by atoms with Gasteiger partial charge in [0, 0.05) is 12.2 Å². The van der Waals surface area contributed by atoms with E-state index in [0.717, 1.165) is 5.82 Å². The normalized spacial score (nSPS) is 12.2. The van der Waals surface area contributed by atoms with Crippen LogP contribution in [-0.4, -0.2) is 4.98 Å². The summed E-state index contributed by atoms with van der Waals surface area (Å²) in [5.41, 5.74) is 3.74. The number of anilines is 1. The van der Waals surface area contributed by atoms with Crippen molar-refractivity contribution in [2.45, 2.75) is 26.8 Å². The Bertz CT molecular complexity index is 489. The quantitative estimate of drug-likeness (QED) is 0.859. The maximum atomic E-state index is 4.35. The zero-order valence-corrected chi connectivity index (χ0v) is 10.6. The lowest BCUT2D eigenvalue weighted by Gasteiger charge is -2.16. The molecular weight excluding hydrogens is 208 g/mol. The molecule has 0 fully saturated rings. The summed E-state index contributed by atoms with van der Waals surface area (Å²) in [7, 11) is 0. The first kappa shape index (κ1) is 11.6. The Balaban J connectivity index is 2.14. The minimum absolute atomic E-state index is 0.268. The molecule has 2 nitrogen and oxygen atoms in total. The second-order valence-corrected chi connectivity index (χ2v) is 4.45. The molecule has 0 saturated carbocycles. The van der Waals surface area contributed by atoms with Gasteiger partial charge in [0.2, 0.25) is 0 Å². The molecule has 1 aromatic heterocycles. The molecule has 1 N–H and O–H groups in total. The minimum Gasteiger partial charge on any atom is -0.363 e. The fourth-order valence-corrected chi connectivity index (χ4v) is 1.78. The highest BCUT2D eigenvalue weighted by Crippen LogP contribution is 2.20. The van der Waals surface area contributed by atoms with Crippen molar-refractivity contribution in [3.8, 4) is 0 Å². The van der Waals surface area contributed by atoms with Crippen molar-refractivity contribution in [2.75, 3.05) is 5.32 Å². The van der Waals surface area contributed by atoms with Crippen LogP contribution in [0.2, 0.25) is 0 Å². The van der Waals surface area contributed by atoms with Crippen LogP contribution in [-0.2, 0) is 0 Å². The molecule has 0 radical (unpaired) electrons. The van der Waals surface area contributed by atoms with E-state index >= 15 is 0 Å². The second-order valence-electron chi connectivity index (χ2n) is 4.45. The van der Waals surface area contributed by atoms with Crippen LogP contribution in [0, 0.1) is 13.8 Å². The van der Waals surface area contributed by atoms with Crippen LogP contribution in [0.5, 0.6) is 0 Å². The Morgan fingerprint density at radius 3 is 2.41 bits per heavy atom. The number of nitrogens with one attached hydrogen (secondary N) is 1. The topological polar surface area (TPSA) is 24.9 Å². The van der Waals surface area contributed by atoms with Gasteiger partial charge in [-0.2, -0.15) is 0 Å². The number of benzene rings is 1. The van der Waals surface area contributed by atoms with Crippen molar-refractivity contribution in [2.24, 2.45) is 0 Å². The molecule has 0 saturated heterocycles. The van der Waals surface area contributed by atoms with Crippen molar-refractivity contribution in [1.29, 1.82) is 0 Å². The Morgan fingerprint density at radius 1 is 1.06 bits per heavy atom. The third kappa shape index (κ3) is 2.84. The number of hydrogen-bond acceptors (Lipinski definition) is 2. The standard InChI is InChI=1S/C15H18N2/c1-11-6-8-14(9-7-11)13(3)17-15-12(2)5-4-10-16-15/h4-10,13H,1-3H3,(H,16,17). The first-order chi connectivity index (χ1) is 8.16. The molecule has 0 amide bonds. The summed E-state index contributed by atoms with van der Waals surface area (Å²) in [4.78, 5) is 4.35. The summed E-state index contributed by atoms with van der Waals surface area (Å²) in [6.45, 7) is 6.32. The largest absolute Gasteiger partial charge is 0.363 e. The third-order valence-electron chi connectivity index (χ3n) is 2.94. The van der Waals surface area contributed by atoms with Crippen LogP contribution in [0.3, 0.4) is 0 Å². The van der Waals surface area contributed by atoms with E-state index in [4.69, 9.17) is 0 Å².